The number of likely N-dealkylation sites (tertiary alicyclic amines) is 1. The molecule has 0 radical (unpaired) electrons. The number of rotatable bonds is 5. The van der Waals surface area contributed by atoms with Gasteiger partial charge in [-0.3, -0.25) is 14.3 Å². The molecule has 30 heavy (non-hydrogen) atoms. The van der Waals surface area contributed by atoms with E-state index in [0.29, 0.717) is 29.7 Å². The van der Waals surface area contributed by atoms with Gasteiger partial charge in [-0.15, -0.1) is 0 Å². The Bertz CT molecular complexity index is 1240. The molecule has 7 nitrogen and oxygen atoms in total. The van der Waals surface area contributed by atoms with Crippen LogP contribution < -0.4 is 10.3 Å². The molecule has 1 aliphatic heterocycles. The summed E-state index contributed by atoms with van der Waals surface area (Å²) < 4.78 is 30.6. The van der Waals surface area contributed by atoms with Gasteiger partial charge in [0.25, 0.3) is 5.56 Å². The van der Waals surface area contributed by atoms with Crippen molar-refractivity contribution in [1.82, 2.24) is 19.2 Å². The second-order valence-corrected chi connectivity index (χ2v) is 10.2. The lowest BCUT2D eigenvalue weighted by Crippen LogP contribution is -2.38. The number of hydrogen-bond donors (Lipinski definition) is 1. The molecule has 2 unspecified atom stereocenters. The number of sulfonamides is 1. The van der Waals surface area contributed by atoms with E-state index < -0.39 is 10.0 Å². The van der Waals surface area contributed by atoms with Crippen molar-refractivity contribution in [1.29, 1.82) is 0 Å². The normalized spacial score (nSPS) is 18.7. The van der Waals surface area contributed by atoms with Gasteiger partial charge in [-0.05, 0) is 49.7 Å². The standard InChI is InChI=1S/C21H23BrN4O3S/c1-14(20-23-19-6-4-3-5-18(19)21(27)25(20)2)26-12-11-16(13-26)24-30(28,29)17-9-7-15(22)8-10-17/h3-10,14,16,24H,11-13H2,1-2H3. The van der Waals surface area contributed by atoms with Gasteiger partial charge in [0, 0.05) is 30.7 Å². The molecule has 2 heterocycles. The van der Waals surface area contributed by atoms with E-state index in [-0.39, 0.29) is 22.5 Å². The third kappa shape index (κ3) is 4.07. The lowest BCUT2D eigenvalue weighted by Gasteiger charge is -2.25. The summed E-state index contributed by atoms with van der Waals surface area (Å²) in [7, 11) is -1.85. The van der Waals surface area contributed by atoms with Crippen molar-refractivity contribution < 1.29 is 8.42 Å². The van der Waals surface area contributed by atoms with E-state index in [4.69, 9.17) is 4.98 Å². The van der Waals surface area contributed by atoms with E-state index in [9.17, 15) is 13.2 Å². The van der Waals surface area contributed by atoms with Crippen LogP contribution in [0.2, 0.25) is 0 Å². The largest absolute Gasteiger partial charge is 0.298 e. The molecule has 2 aromatic carbocycles. The summed E-state index contributed by atoms with van der Waals surface area (Å²) in [6, 6.07) is 13.6. The average molecular weight is 491 g/mol. The van der Waals surface area contributed by atoms with Crippen molar-refractivity contribution in [3.63, 3.8) is 0 Å². The van der Waals surface area contributed by atoms with Gasteiger partial charge in [0.2, 0.25) is 10.0 Å². The second kappa shape index (κ2) is 8.22. The summed E-state index contributed by atoms with van der Waals surface area (Å²) in [5.41, 5.74) is 0.600. The van der Waals surface area contributed by atoms with Crippen molar-refractivity contribution in [2.45, 2.75) is 30.3 Å². The number of benzene rings is 2. The van der Waals surface area contributed by atoms with Crippen LogP contribution in [0.5, 0.6) is 0 Å². The van der Waals surface area contributed by atoms with Crippen LogP contribution in [0.3, 0.4) is 0 Å². The van der Waals surface area contributed by atoms with Gasteiger partial charge < -0.3 is 0 Å². The number of halogens is 1. The molecule has 0 amide bonds. The van der Waals surface area contributed by atoms with Crippen LogP contribution in [0, 0.1) is 0 Å². The third-order valence-corrected chi connectivity index (χ3v) is 7.67. The van der Waals surface area contributed by atoms with Crippen LogP contribution in [0.1, 0.15) is 25.2 Å². The molecule has 0 bridgehead atoms. The Morgan fingerprint density at radius 1 is 1.17 bits per heavy atom. The van der Waals surface area contributed by atoms with Crippen molar-refractivity contribution in [2.75, 3.05) is 13.1 Å². The zero-order valence-corrected chi connectivity index (χ0v) is 19.1. The zero-order valence-electron chi connectivity index (χ0n) is 16.7. The number of nitrogens with one attached hydrogen (secondary N) is 1. The van der Waals surface area contributed by atoms with Crippen LogP contribution in [0.4, 0.5) is 0 Å². The van der Waals surface area contributed by atoms with Gasteiger partial charge in [-0.1, -0.05) is 28.1 Å². The van der Waals surface area contributed by atoms with Crippen LogP contribution in [-0.4, -0.2) is 42.0 Å². The molecular weight excluding hydrogens is 468 g/mol. The summed E-state index contributed by atoms with van der Waals surface area (Å²) >= 11 is 3.32. The van der Waals surface area contributed by atoms with E-state index >= 15 is 0 Å². The fourth-order valence-corrected chi connectivity index (χ4v) is 5.43. The maximum Gasteiger partial charge on any atom is 0.261 e. The fraction of sp³-hybridized carbons (Fsp3) is 0.333. The first-order valence-corrected chi connectivity index (χ1v) is 12.0. The number of fused-ring (bicyclic) bond motifs is 1. The molecule has 2 atom stereocenters. The monoisotopic (exact) mass is 490 g/mol. The Kier molecular flexibility index (Phi) is 5.80. The summed E-state index contributed by atoms with van der Waals surface area (Å²) in [6.45, 7) is 3.28. The predicted molar refractivity (Wildman–Crippen MR) is 120 cm³/mol. The molecule has 0 aliphatic carbocycles. The fourth-order valence-electron chi connectivity index (χ4n) is 3.91. The molecule has 4 rings (SSSR count). The van der Waals surface area contributed by atoms with Crippen molar-refractivity contribution >= 4 is 36.9 Å². The van der Waals surface area contributed by atoms with Crippen LogP contribution >= 0.6 is 15.9 Å². The highest BCUT2D eigenvalue weighted by atomic mass is 79.9. The summed E-state index contributed by atoms with van der Waals surface area (Å²) in [5.74, 6) is 0.676. The second-order valence-electron chi connectivity index (χ2n) is 7.58. The molecule has 0 spiro atoms. The van der Waals surface area contributed by atoms with Gasteiger partial charge in [0.1, 0.15) is 5.82 Å². The van der Waals surface area contributed by atoms with Gasteiger partial charge in [-0.25, -0.2) is 18.1 Å². The molecule has 1 aromatic heterocycles. The molecule has 1 fully saturated rings. The predicted octanol–water partition coefficient (Wildman–Crippen LogP) is 2.81. The first-order chi connectivity index (χ1) is 14.3. The highest BCUT2D eigenvalue weighted by molar-refractivity contribution is 9.10. The first kappa shape index (κ1) is 21.2. The number of hydrogen-bond acceptors (Lipinski definition) is 5. The minimum atomic E-state index is -3.59. The smallest absolute Gasteiger partial charge is 0.261 e. The SMILES string of the molecule is CC(c1nc2ccccc2c(=O)n1C)N1CCC(NS(=O)(=O)c2ccc(Br)cc2)C1. The van der Waals surface area contributed by atoms with E-state index in [1.807, 2.05) is 25.1 Å². The Labute approximate surface area is 183 Å². The Morgan fingerprint density at radius 2 is 1.87 bits per heavy atom. The average Bonchev–Trinajstić information content (AvgIpc) is 3.18. The number of para-hydroxylation sites is 1. The minimum Gasteiger partial charge on any atom is -0.298 e. The van der Waals surface area contributed by atoms with Crippen molar-refractivity contribution in [2.24, 2.45) is 7.05 Å². The molecule has 1 aliphatic rings. The summed E-state index contributed by atoms with van der Waals surface area (Å²) in [6.07, 6.45) is 0.696. The van der Waals surface area contributed by atoms with Crippen LogP contribution in [0.25, 0.3) is 10.9 Å². The summed E-state index contributed by atoms with van der Waals surface area (Å²) in [5, 5.41) is 0.595. The Balaban J connectivity index is 1.52. The lowest BCUT2D eigenvalue weighted by molar-refractivity contribution is 0.243. The molecular formula is C21H23BrN4O3S. The highest BCUT2D eigenvalue weighted by Gasteiger charge is 2.31. The first-order valence-electron chi connectivity index (χ1n) is 9.74. The third-order valence-electron chi connectivity index (χ3n) is 5.60. The topological polar surface area (TPSA) is 84.3 Å². The van der Waals surface area contributed by atoms with Gasteiger partial charge in [0.15, 0.2) is 0 Å². The number of nitrogens with zero attached hydrogens (tertiary/aromatic N) is 3. The molecule has 3 aromatic rings. The molecule has 0 saturated carbocycles. The lowest BCUT2D eigenvalue weighted by atomic mass is 10.2. The molecule has 158 valence electrons. The van der Waals surface area contributed by atoms with E-state index in [2.05, 4.69) is 25.6 Å². The maximum atomic E-state index is 12.7. The van der Waals surface area contributed by atoms with Crippen molar-refractivity contribution in [3.8, 4) is 0 Å². The summed E-state index contributed by atoms with van der Waals surface area (Å²) in [4.78, 5) is 19.8. The Morgan fingerprint density at radius 3 is 2.60 bits per heavy atom. The Hall–Kier alpha value is -2.07. The van der Waals surface area contributed by atoms with E-state index in [1.54, 1.807) is 41.9 Å². The molecule has 1 N–H and O–H groups in total. The van der Waals surface area contributed by atoms with Gasteiger partial charge in [-0.2, -0.15) is 0 Å². The molecule has 9 heteroatoms. The van der Waals surface area contributed by atoms with Crippen LogP contribution in [-0.2, 0) is 17.1 Å². The quantitative estimate of drug-likeness (QED) is 0.594. The highest BCUT2D eigenvalue weighted by Crippen LogP contribution is 2.25. The van der Waals surface area contributed by atoms with Crippen molar-refractivity contribution in [3.05, 3.63) is 69.2 Å². The van der Waals surface area contributed by atoms with Gasteiger partial charge in [0.05, 0.1) is 21.8 Å². The van der Waals surface area contributed by atoms with E-state index in [0.717, 1.165) is 11.0 Å². The number of aromatic nitrogens is 2. The molecule has 1 saturated heterocycles. The zero-order chi connectivity index (χ0) is 21.5. The minimum absolute atomic E-state index is 0.0749. The van der Waals surface area contributed by atoms with E-state index in [1.165, 1.54) is 0 Å². The van der Waals surface area contributed by atoms with Gasteiger partial charge >= 0.3 is 0 Å². The van der Waals surface area contributed by atoms with Crippen LogP contribution in [0.15, 0.2) is 62.7 Å². The maximum absolute atomic E-state index is 12.7.